The van der Waals surface area contributed by atoms with Gasteiger partial charge in [0.2, 0.25) is 0 Å². The maximum absolute atomic E-state index is 13.3. The van der Waals surface area contributed by atoms with Crippen LogP contribution in [0.3, 0.4) is 0 Å². The lowest BCUT2D eigenvalue weighted by Gasteiger charge is -2.35. The minimum atomic E-state index is -0.701. The Balaban J connectivity index is 1.43. The van der Waals surface area contributed by atoms with E-state index in [9.17, 15) is 14.4 Å². The Morgan fingerprint density at radius 3 is 2.50 bits per heavy atom. The van der Waals surface area contributed by atoms with Gasteiger partial charge in [-0.1, -0.05) is 77.7 Å². The van der Waals surface area contributed by atoms with Gasteiger partial charge in [0, 0.05) is 10.5 Å². The van der Waals surface area contributed by atoms with Crippen LogP contribution in [0.15, 0.2) is 64.6 Å². The topological polar surface area (TPSA) is 84.9 Å². The molecule has 0 aromatic heterocycles. The molecule has 7 nitrogen and oxygen atoms in total. The summed E-state index contributed by atoms with van der Waals surface area (Å²) >= 11 is 3.57. The fourth-order valence-corrected chi connectivity index (χ4v) is 5.55. The molecular formula is C30H29BrN2O5. The van der Waals surface area contributed by atoms with Gasteiger partial charge in [0.25, 0.3) is 11.8 Å². The number of rotatable bonds is 7. The first-order valence-electron chi connectivity index (χ1n) is 12.9. The van der Waals surface area contributed by atoms with Gasteiger partial charge in [0.15, 0.2) is 11.5 Å². The fourth-order valence-electron chi connectivity index (χ4n) is 5.11. The van der Waals surface area contributed by atoms with Crippen LogP contribution in [0.5, 0.6) is 11.5 Å². The van der Waals surface area contributed by atoms with E-state index in [-0.39, 0.29) is 11.6 Å². The van der Waals surface area contributed by atoms with E-state index in [1.165, 1.54) is 11.0 Å². The third-order valence-corrected chi connectivity index (χ3v) is 7.69. The van der Waals surface area contributed by atoms with Crippen LogP contribution in [0.4, 0.5) is 4.79 Å². The van der Waals surface area contributed by atoms with Crippen LogP contribution >= 0.6 is 15.9 Å². The molecule has 2 fully saturated rings. The van der Waals surface area contributed by atoms with Crippen molar-refractivity contribution >= 4 is 50.6 Å². The monoisotopic (exact) mass is 576 g/mol. The zero-order valence-electron chi connectivity index (χ0n) is 21.2. The predicted octanol–water partition coefficient (Wildman–Crippen LogP) is 6.37. The lowest BCUT2D eigenvalue weighted by molar-refractivity contribution is -0.132. The summed E-state index contributed by atoms with van der Waals surface area (Å²) in [5, 5.41) is 4.59. The smallest absolute Gasteiger partial charge is 0.331 e. The largest absolute Gasteiger partial charge is 0.490 e. The van der Waals surface area contributed by atoms with Crippen molar-refractivity contribution in [3.05, 3.63) is 75.8 Å². The molecule has 38 heavy (non-hydrogen) atoms. The molecule has 2 aliphatic rings. The molecule has 1 saturated heterocycles. The predicted molar refractivity (Wildman–Crippen MR) is 149 cm³/mol. The van der Waals surface area contributed by atoms with Gasteiger partial charge in [-0.05, 0) is 59.9 Å². The van der Waals surface area contributed by atoms with E-state index in [1.807, 2.05) is 31.2 Å². The number of hydrogen-bond donors (Lipinski definition) is 1. The summed E-state index contributed by atoms with van der Waals surface area (Å²) < 4.78 is 12.7. The maximum Gasteiger partial charge on any atom is 0.331 e. The number of nitrogens with one attached hydrogen (secondary N) is 1. The van der Waals surface area contributed by atoms with Crippen LogP contribution < -0.4 is 14.8 Å². The van der Waals surface area contributed by atoms with E-state index in [0.717, 1.165) is 48.4 Å². The number of ether oxygens (including phenoxy) is 2. The minimum absolute atomic E-state index is 0.0808. The number of carbonyl (C=O) groups is 3. The molecule has 5 rings (SSSR count). The number of amides is 4. The number of carbonyl (C=O) groups excluding carboxylic acids is 3. The highest BCUT2D eigenvalue weighted by molar-refractivity contribution is 9.10. The van der Waals surface area contributed by atoms with Crippen LogP contribution in [-0.4, -0.2) is 35.4 Å². The first kappa shape index (κ1) is 26.0. The van der Waals surface area contributed by atoms with Gasteiger partial charge in [-0.3, -0.25) is 19.8 Å². The van der Waals surface area contributed by atoms with E-state index in [2.05, 4.69) is 39.4 Å². The second-order valence-electron chi connectivity index (χ2n) is 9.46. The number of benzene rings is 3. The van der Waals surface area contributed by atoms with Crippen molar-refractivity contribution in [3.63, 3.8) is 0 Å². The Bertz CT molecular complexity index is 1420. The average Bonchev–Trinajstić information content (AvgIpc) is 2.92. The number of barbiturate groups is 1. The van der Waals surface area contributed by atoms with Gasteiger partial charge >= 0.3 is 6.03 Å². The van der Waals surface area contributed by atoms with Crippen molar-refractivity contribution < 1.29 is 23.9 Å². The van der Waals surface area contributed by atoms with Crippen LogP contribution in [-0.2, 0) is 16.2 Å². The number of hydrogen-bond acceptors (Lipinski definition) is 5. The highest BCUT2D eigenvalue weighted by Crippen LogP contribution is 2.36. The van der Waals surface area contributed by atoms with Crippen molar-refractivity contribution in [2.24, 2.45) is 0 Å². The lowest BCUT2D eigenvalue weighted by atomic mass is 9.93. The van der Waals surface area contributed by atoms with Crippen LogP contribution in [0.1, 0.15) is 50.2 Å². The molecule has 3 aromatic rings. The zero-order chi connectivity index (χ0) is 26.6. The maximum atomic E-state index is 13.3. The lowest BCUT2D eigenvalue weighted by Crippen LogP contribution is -2.58. The van der Waals surface area contributed by atoms with E-state index >= 15 is 0 Å². The standard InChI is InChI=1S/C30H29BrN2O5/c1-2-37-26-16-21(15-24-28(34)32-30(36)33(29(24)35)22-12-4-3-5-13-22)25(31)17-27(26)38-18-20-11-8-10-19-9-6-7-14-23(19)20/h6-11,14-17,22H,2-5,12-13,18H2,1H3,(H,32,34,36). The summed E-state index contributed by atoms with van der Waals surface area (Å²) in [6.45, 7) is 2.62. The van der Waals surface area contributed by atoms with Gasteiger partial charge in [-0.2, -0.15) is 0 Å². The molecule has 196 valence electrons. The van der Waals surface area contributed by atoms with E-state index < -0.39 is 17.8 Å². The molecular weight excluding hydrogens is 548 g/mol. The molecule has 1 saturated carbocycles. The Morgan fingerprint density at radius 2 is 1.71 bits per heavy atom. The first-order chi connectivity index (χ1) is 18.5. The fraction of sp³-hybridized carbons (Fsp3) is 0.300. The quantitative estimate of drug-likeness (QED) is 0.261. The van der Waals surface area contributed by atoms with Crippen LogP contribution in [0.2, 0.25) is 0 Å². The normalized spacial score (nSPS) is 17.7. The van der Waals surface area contributed by atoms with Crippen LogP contribution in [0, 0.1) is 0 Å². The molecule has 0 bridgehead atoms. The minimum Gasteiger partial charge on any atom is -0.490 e. The van der Waals surface area contributed by atoms with Crippen molar-refractivity contribution in [3.8, 4) is 11.5 Å². The summed E-state index contributed by atoms with van der Waals surface area (Å²) in [6.07, 6.45) is 6.00. The third kappa shape index (κ3) is 5.31. The summed E-state index contributed by atoms with van der Waals surface area (Å²) in [4.78, 5) is 39.7. The highest BCUT2D eigenvalue weighted by Gasteiger charge is 2.40. The SMILES string of the molecule is CCOc1cc(C=C2C(=O)NC(=O)N(C3CCCCC3)C2=O)c(Br)cc1OCc1cccc2ccccc12. The van der Waals surface area contributed by atoms with Crippen molar-refractivity contribution in [2.45, 2.75) is 51.7 Å². The summed E-state index contributed by atoms with van der Waals surface area (Å²) in [5.74, 6) is -0.237. The highest BCUT2D eigenvalue weighted by atomic mass is 79.9. The van der Waals surface area contributed by atoms with Crippen LogP contribution in [0.25, 0.3) is 16.8 Å². The molecule has 1 N–H and O–H groups in total. The van der Waals surface area contributed by atoms with Gasteiger partial charge in [0.05, 0.1) is 6.61 Å². The molecule has 3 aromatic carbocycles. The summed E-state index contributed by atoms with van der Waals surface area (Å²) in [5.41, 5.74) is 1.54. The molecule has 1 aliphatic carbocycles. The average molecular weight is 577 g/mol. The van der Waals surface area contributed by atoms with Crippen molar-refractivity contribution in [2.75, 3.05) is 6.61 Å². The number of fused-ring (bicyclic) bond motifs is 1. The van der Waals surface area contributed by atoms with Gasteiger partial charge in [0.1, 0.15) is 12.2 Å². The van der Waals surface area contributed by atoms with E-state index in [1.54, 1.807) is 12.1 Å². The Labute approximate surface area is 229 Å². The van der Waals surface area contributed by atoms with Gasteiger partial charge in [-0.25, -0.2) is 4.79 Å². The van der Waals surface area contributed by atoms with Crippen molar-refractivity contribution in [1.82, 2.24) is 10.2 Å². The van der Waals surface area contributed by atoms with E-state index in [4.69, 9.17) is 9.47 Å². The molecule has 0 unspecified atom stereocenters. The molecule has 4 amide bonds. The van der Waals surface area contributed by atoms with Gasteiger partial charge < -0.3 is 9.47 Å². The Hall–Kier alpha value is -3.65. The second kappa shape index (κ2) is 11.4. The number of halogens is 1. The molecule has 1 aliphatic heterocycles. The molecule has 0 spiro atoms. The van der Waals surface area contributed by atoms with Gasteiger partial charge in [-0.15, -0.1) is 0 Å². The second-order valence-corrected chi connectivity index (χ2v) is 10.3. The molecule has 0 atom stereocenters. The summed E-state index contributed by atoms with van der Waals surface area (Å²) in [6, 6.07) is 16.9. The zero-order valence-corrected chi connectivity index (χ0v) is 22.8. The number of imide groups is 2. The first-order valence-corrected chi connectivity index (χ1v) is 13.7. The molecule has 8 heteroatoms. The Kier molecular flexibility index (Phi) is 7.79. The summed E-state index contributed by atoms with van der Waals surface area (Å²) in [7, 11) is 0. The molecule has 0 radical (unpaired) electrons. The molecule has 1 heterocycles. The third-order valence-electron chi connectivity index (χ3n) is 7.00. The van der Waals surface area contributed by atoms with Crippen molar-refractivity contribution in [1.29, 1.82) is 0 Å². The Morgan fingerprint density at radius 1 is 0.974 bits per heavy atom. The number of urea groups is 1. The van der Waals surface area contributed by atoms with E-state index in [0.29, 0.717) is 34.7 Å². The number of nitrogens with zero attached hydrogens (tertiary/aromatic N) is 1.